The van der Waals surface area contributed by atoms with Crippen LogP contribution in [0.25, 0.3) is 5.57 Å². The van der Waals surface area contributed by atoms with Gasteiger partial charge in [0.05, 0.1) is 31.3 Å². The van der Waals surface area contributed by atoms with Gasteiger partial charge in [-0.15, -0.1) is 0 Å². The molecule has 0 amide bonds. The van der Waals surface area contributed by atoms with Gasteiger partial charge in [-0.25, -0.2) is 9.78 Å². The van der Waals surface area contributed by atoms with Crippen LogP contribution < -0.4 is 0 Å². The van der Waals surface area contributed by atoms with Crippen molar-refractivity contribution < 1.29 is 14.6 Å². The van der Waals surface area contributed by atoms with Crippen LogP contribution in [0.4, 0.5) is 0 Å². The molecule has 1 aromatic heterocycles. The van der Waals surface area contributed by atoms with Crippen LogP contribution >= 0.6 is 0 Å². The van der Waals surface area contributed by atoms with Crippen LogP contribution in [-0.4, -0.2) is 34.3 Å². The van der Waals surface area contributed by atoms with Gasteiger partial charge in [-0.3, -0.25) is 4.98 Å². The van der Waals surface area contributed by atoms with Crippen molar-refractivity contribution in [1.82, 2.24) is 9.97 Å². The average molecular weight is 206 g/mol. The number of nitrogens with zero attached hydrogens (tertiary/aromatic N) is 2. The van der Waals surface area contributed by atoms with E-state index in [-0.39, 0.29) is 5.69 Å². The highest BCUT2D eigenvalue weighted by Gasteiger charge is 2.11. The first-order valence-electron chi connectivity index (χ1n) is 4.60. The van der Waals surface area contributed by atoms with E-state index in [1.807, 2.05) is 6.08 Å². The predicted molar refractivity (Wildman–Crippen MR) is 52.4 cm³/mol. The van der Waals surface area contributed by atoms with E-state index < -0.39 is 5.97 Å². The molecule has 0 saturated carbocycles. The monoisotopic (exact) mass is 206 g/mol. The van der Waals surface area contributed by atoms with Crippen LogP contribution in [0, 0.1) is 0 Å². The highest BCUT2D eigenvalue weighted by Crippen LogP contribution is 2.18. The lowest BCUT2D eigenvalue weighted by Gasteiger charge is -2.12. The van der Waals surface area contributed by atoms with Crippen molar-refractivity contribution in [2.24, 2.45) is 0 Å². The number of ether oxygens (including phenoxy) is 1. The molecule has 1 N–H and O–H groups in total. The van der Waals surface area contributed by atoms with E-state index >= 15 is 0 Å². The molecule has 5 heteroatoms. The SMILES string of the molecule is O=C(O)c1cncc(C2=CCOCC2)n1. The maximum absolute atomic E-state index is 10.7. The molecule has 2 rings (SSSR count). The van der Waals surface area contributed by atoms with Gasteiger partial charge in [0.2, 0.25) is 0 Å². The Morgan fingerprint density at radius 1 is 1.47 bits per heavy atom. The summed E-state index contributed by atoms with van der Waals surface area (Å²) < 4.78 is 5.16. The van der Waals surface area contributed by atoms with E-state index in [0.717, 1.165) is 12.0 Å². The Balaban J connectivity index is 2.31. The molecule has 0 atom stereocenters. The minimum absolute atomic E-state index is 0.0279. The van der Waals surface area contributed by atoms with Crippen molar-refractivity contribution in [2.45, 2.75) is 6.42 Å². The molecule has 2 heterocycles. The number of hydrogen-bond acceptors (Lipinski definition) is 4. The van der Waals surface area contributed by atoms with Crippen LogP contribution in [0.3, 0.4) is 0 Å². The van der Waals surface area contributed by atoms with E-state index in [2.05, 4.69) is 9.97 Å². The second-order valence-corrected chi connectivity index (χ2v) is 3.15. The van der Waals surface area contributed by atoms with Crippen LogP contribution in [0.2, 0.25) is 0 Å². The van der Waals surface area contributed by atoms with Gasteiger partial charge in [0, 0.05) is 0 Å². The molecular formula is C10H10N2O3. The summed E-state index contributed by atoms with van der Waals surface area (Å²) in [5.41, 5.74) is 1.59. The third-order valence-electron chi connectivity index (χ3n) is 2.15. The number of aromatic carboxylic acids is 1. The van der Waals surface area contributed by atoms with Crippen LogP contribution in [0.5, 0.6) is 0 Å². The summed E-state index contributed by atoms with van der Waals surface area (Å²) in [6.07, 6.45) is 5.46. The Kier molecular flexibility index (Phi) is 2.73. The van der Waals surface area contributed by atoms with Gasteiger partial charge in [-0.2, -0.15) is 0 Å². The molecule has 0 fully saturated rings. The number of carbonyl (C=O) groups is 1. The molecule has 0 saturated heterocycles. The van der Waals surface area contributed by atoms with Gasteiger partial charge in [0.25, 0.3) is 0 Å². The van der Waals surface area contributed by atoms with Gasteiger partial charge >= 0.3 is 5.97 Å². The molecule has 0 aromatic carbocycles. The molecule has 1 aliphatic rings. The zero-order valence-corrected chi connectivity index (χ0v) is 8.01. The van der Waals surface area contributed by atoms with E-state index in [1.54, 1.807) is 6.20 Å². The average Bonchev–Trinajstić information content (AvgIpc) is 2.30. The first-order chi connectivity index (χ1) is 7.27. The lowest BCUT2D eigenvalue weighted by molar-refractivity contribution is 0.0690. The Morgan fingerprint density at radius 2 is 2.33 bits per heavy atom. The van der Waals surface area contributed by atoms with Gasteiger partial charge in [-0.1, -0.05) is 6.08 Å². The number of aromatic nitrogens is 2. The van der Waals surface area contributed by atoms with Crippen molar-refractivity contribution >= 4 is 11.5 Å². The molecule has 15 heavy (non-hydrogen) atoms. The maximum Gasteiger partial charge on any atom is 0.356 e. The minimum atomic E-state index is -1.06. The lowest BCUT2D eigenvalue weighted by Crippen LogP contribution is -2.08. The zero-order chi connectivity index (χ0) is 10.7. The van der Waals surface area contributed by atoms with E-state index in [9.17, 15) is 4.79 Å². The quantitative estimate of drug-likeness (QED) is 0.780. The van der Waals surface area contributed by atoms with Gasteiger partial charge in [0.1, 0.15) is 0 Å². The molecule has 0 unspecified atom stereocenters. The first kappa shape index (κ1) is 9.79. The molecule has 0 aliphatic carbocycles. The molecule has 5 nitrogen and oxygen atoms in total. The van der Waals surface area contributed by atoms with Gasteiger partial charge < -0.3 is 9.84 Å². The summed E-state index contributed by atoms with van der Waals surface area (Å²) in [5.74, 6) is -1.06. The largest absolute Gasteiger partial charge is 0.476 e. The fraction of sp³-hybridized carbons (Fsp3) is 0.300. The highest BCUT2D eigenvalue weighted by atomic mass is 16.5. The zero-order valence-electron chi connectivity index (χ0n) is 8.01. The second kappa shape index (κ2) is 4.18. The van der Waals surface area contributed by atoms with Crippen molar-refractivity contribution in [3.05, 3.63) is 29.9 Å². The Labute approximate surface area is 86.4 Å². The fourth-order valence-electron chi connectivity index (χ4n) is 1.38. The Bertz CT molecular complexity index is 415. The highest BCUT2D eigenvalue weighted by molar-refractivity contribution is 5.85. The lowest BCUT2D eigenvalue weighted by atomic mass is 10.1. The summed E-state index contributed by atoms with van der Waals surface area (Å²) in [4.78, 5) is 18.6. The van der Waals surface area contributed by atoms with E-state index in [0.29, 0.717) is 18.9 Å². The summed E-state index contributed by atoms with van der Waals surface area (Å²) in [7, 11) is 0. The Morgan fingerprint density at radius 3 is 3.00 bits per heavy atom. The topological polar surface area (TPSA) is 72.3 Å². The fourth-order valence-corrected chi connectivity index (χ4v) is 1.38. The molecule has 0 radical (unpaired) electrons. The molecular weight excluding hydrogens is 196 g/mol. The molecule has 0 bridgehead atoms. The van der Waals surface area contributed by atoms with Crippen molar-refractivity contribution in [3.8, 4) is 0 Å². The normalized spacial score (nSPS) is 15.9. The smallest absolute Gasteiger partial charge is 0.356 e. The maximum atomic E-state index is 10.7. The van der Waals surface area contributed by atoms with Gasteiger partial charge in [0.15, 0.2) is 5.69 Å². The van der Waals surface area contributed by atoms with Crippen molar-refractivity contribution in [2.75, 3.05) is 13.2 Å². The molecule has 78 valence electrons. The van der Waals surface area contributed by atoms with Crippen LogP contribution in [-0.2, 0) is 4.74 Å². The summed E-state index contributed by atoms with van der Waals surface area (Å²) in [5, 5.41) is 8.76. The third kappa shape index (κ3) is 2.19. The number of hydrogen-bond donors (Lipinski definition) is 1. The first-order valence-corrected chi connectivity index (χ1v) is 4.60. The molecule has 0 spiro atoms. The standard InChI is InChI=1S/C10H10N2O3/c13-10(14)9-6-11-5-8(12-9)7-1-3-15-4-2-7/h1,5-6H,2-4H2,(H,13,14). The summed E-state index contributed by atoms with van der Waals surface area (Å²) in [6.45, 7) is 1.19. The third-order valence-corrected chi connectivity index (χ3v) is 2.15. The second-order valence-electron chi connectivity index (χ2n) is 3.15. The minimum Gasteiger partial charge on any atom is -0.476 e. The number of carboxylic acid groups (broad SMARTS) is 1. The van der Waals surface area contributed by atoms with E-state index in [1.165, 1.54) is 6.20 Å². The van der Waals surface area contributed by atoms with E-state index in [4.69, 9.17) is 9.84 Å². The van der Waals surface area contributed by atoms with Crippen molar-refractivity contribution in [1.29, 1.82) is 0 Å². The van der Waals surface area contributed by atoms with Crippen molar-refractivity contribution in [3.63, 3.8) is 0 Å². The Hall–Kier alpha value is -1.75. The number of carboxylic acids is 1. The summed E-state index contributed by atoms with van der Waals surface area (Å²) in [6, 6.07) is 0. The van der Waals surface area contributed by atoms with Crippen LogP contribution in [0.15, 0.2) is 18.5 Å². The predicted octanol–water partition coefficient (Wildman–Crippen LogP) is 0.978. The number of rotatable bonds is 2. The van der Waals surface area contributed by atoms with Crippen LogP contribution in [0.1, 0.15) is 22.6 Å². The van der Waals surface area contributed by atoms with Gasteiger partial charge in [-0.05, 0) is 12.0 Å². The molecule has 1 aliphatic heterocycles. The summed E-state index contributed by atoms with van der Waals surface area (Å²) >= 11 is 0. The molecule has 1 aromatic rings.